The fourth-order valence-corrected chi connectivity index (χ4v) is 2.96. The van der Waals surface area contributed by atoms with Gasteiger partial charge in [-0.2, -0.15) is 0 Å². The summed E-state index contributed by atoms with van der Waals surface area (Å²) in [4.78, 5) is 16.0. The average Bonchev–Trinajstić information content (AvgIpc) is 2.71. The lowest BCUT2D eigenvalue weighted by atomic mass is 9.89. The van der Waals surface area contributed by atoms with Crippen LogP contribution in [0.5, 0.6) is 0 Å². The van der Waals surface area contributed by atoms with Crippen molar-refractivity contribution in [2.75, 3.05) is 0 Å². The second-order valence-electron chi connectivity index (χ2n) is 5.25. The van der Waals surface area contributed by atoms with Crippen LogP contribution >= 0.6 is 0 Å². The number of Topliss-reactive ketones (excluding diaryl/α,β-unsaturated/α-hetero) is 1. The highest BCUT2D eigenvalue weighted by molar-refractivity contribution is 5.84. The second kappa shape index (κ2) is 4.52. The van der Waals surface area contributed by atoms with E-state index in [2.05, 4.69) is 30.1 Å². The van der Waals surface area contributed by atoms with E-state index in [1.54, 1.807) is 0 Å². The third-order valence-electron chi connectivity index (χ3n) is 4.20. The number of hydrogen-bond donors (Lipinski definition) is 0. The van der Waals surface area contributed by atoms with Crippen LogP contribution in [0, 0.1) is 11.8 Å². The molecule has 0 aliphatic heterocycles. The quantitative estimate of drug-likeness (QED) is 0.804. The molecule has 0 bridgehead atoms. The van der Waals surface area contributed by atoms with Gasteiger partial charge in [0.05, 0.1) is 5.52 Å². The van der Waals surface area contributed by atoms with E-state index in [0.29, 0.717) is 11.7 Å². The van der Waals surface area contributed by atoms with Gasteiger partial charge in [0.2, 0.25) is 0 Å². The Balaban J connectivity index is 1.93. The van der Waals surface area contributed by atoms with Crippen LogP contribution in [-0.2, 0) is 11.2 Å². The third-order valence-corrected chi connectivity index (χ3v) is 4.20. The molecular weight excluding hydrogens is 222 g/mol. The smallest absolute Gasteiger partial charge is 0.135 e. The zero-order valence-electron chi connectivity index (χ0n) is 10.6. The molecule has 0 N–H and O–H groups in total. The molecule has 0 amide bonds. The van der Waals surface area contributed by atoms with Gasteiger partial charge in [-0.3, -0.25) is 9.78 Å². The Kier molecular flexibility index (Phi) is 2.86. The first-order chi connectivity index (χ1) is 8.75. The summed E-state index contributed by atoms with van der Waals surface area (Å²) in [6.07, 6.45) is 4.67. The van der Waals surface area contributed by atoms with Crippen LogP contribution in [0.4, 0.5) is 0 Å². The van der Waals surface area contributed by atoms with E-state index in [1.807, 2.05) is 18.3 Å². The first-order valence-corrected chi connectivity index (χ1v) is 6.61. The molecule has 1 fully saturated rings. The molecule has 18 heavy (non-hydrogen) atoms. The van der Waals surface area contributed by atoms with Crippen LogP contribution in [-0.4, -0.2) is 10.8 Å². The zero-order chi connectivity index (χ0) is 12.5. The number of para-hydroxylation sites is 1. The lowest BCUT2D eigenvalue weighted by Crippen LogP contribution is -2.13. The summed E-state index contributed by atoms with van der Waals surface area (Å²) in [5, 5.41) is 1.23. The van der Waals surface area contributed by atoms with E-state index < -0.39 is 0 Å². The molecule has 2 atom stereocenters. The minimum atomic E-state index is 0.219. The van der Waals surface area contributed by atoms with Crippen molar-refractivity contribution in [1.29, 1.82) is 0 Å². The molecule has 2 nitrogen and oxygen atoms in total. The number of aromatic nitrogens is 1. The zero-order valence-corrected chi connectivity index (χ0v) is 10.6. The minimum Gasteiger partial charge on any atom is -0.299 e. The molecule has 0 saturated heterocycles. The van der Waals surface area contributed by atoms with Gasteiger partial charge in [0.25, 0.3) is 0 Å². The van der Waals surface area contributed by atoms with E-state index >= 15 is 0 Å². The van der Waals surface area contributed by atoms with Gasteiger partial charge < -0.3 is 0 Å². The standard InChI is InChI=1S/C16H17NO/c1-11-12(6-7-16(11)18)10-13-8-9-17-15-5-3-2-4-14(13)15/h2-5,8-9,11-12H,6-7,10H2,1H3. The van der Waals surface area contributed by atoms with Gasteiger partial charge in [-0.15, -0.1) is 0 Å². The van der Waals surface area contributed by atoms with Gasteiger partial charge in [-0.1, -0.05) is 25.1 Å². The summed E-state index contributed by atoms with van der Waals surface area (Å²) in [6.45, 7) is 2.07. The van der Waals surface area contributed by atoms with Gasteiger partial charge in [0.1, 0.15) is 5.78 Å². The number of fused-ring (bicyclic) bond motifs is 1. The summed E-state index contributed by atoms with van der Waals surface area (Å²) in [6, 6.07) is 10.3. The molecule has 2 unspecified atom stereocenters. The molecule has 1 heterocycles. The van der Waals surface area contributed by atoms with Crippen molar-refractivity contribution < 1.29 is 4.79 Å². The number of pyridine rings is 1. The lowest BCUT2D eigenvalue weighted by molar-refractivity contribution is -0.120. The average molecular weight is 239 g/mol. The molecule has 1 saturated carbocycles. The third kappa shape index (κ3) is 1.92. The van der Waals surface area contributed by atoms with Crippen molar-refractivity contribution in [1.82, 2.24) is 4.98 Å². The number of rotatable bonds is 2. The SMILES string of the molecule is CC1C(=O)CCC1Cc1ccnc2ccccc12. The van der Waals surface area contributed by atoms with Crippen LogP contribution in [0.3, 0.4) is 0 Å². The van der Waals surface area contributed by atoms with Gasteiger partial charge in [-0.25, -0.2) is 0 Å². The molecule has 2 aromatic rings. The topological polar surface area (TPSA) is 30.0 Å². The Labute approximate surface area is 107 Å². The first-order valence-electron chi connectivity index (χ1n) is 6.61. The van der Waals surface area contributed by atoms with E-state index in [0.717, 1.165) is 24.8 Å². The van der Waals surface area contributed by atoms with Crippen molar-refractivity contribution >= 4 is 16.7 Å². The highest BCUT2D eigenvalue weighted by Crippen LogP contribution is 2.32. The summed E-state index contributed by atoms with van der Waals surface area (Å²) in [5.41, 5.74) is 2.37. The number of benzene rings is 1. The summed E-state index contributed by atoms with van der Waals surface area (Å²) in [7, 11) is 0. The molecular formula is C16H17NO. The summed E-state index contributed by atoms with van der Waals surface area (Å²) >= 11 is 0. The predicted molar refractivity (Wildman–Crippen MR) is 72.3 cm³/mol. The molecule has 92 valence electrons. The summed E-state index contributed by atoms with van der Waals surface area (Å²) in [5.74, 6) is 1.15. The van der Waals surface area contributed by atoms with Crippen molar-refractivity contribution in [3.8, 4) is 0 Å². The van der Waals surface area contributed by atoms with Gasteiger partial charge in [0, 0.05) is 23.9 Å². The maximum absolute atomic E-state index is 11.6. The maximum atomic E-state index is 11.6. The van der Waals surface area contributed by atoms with Crippen molar-refractivity contribution in [3.63, 3.8) is 0 Å². The Morgan fingerprint density at radius 3 is 2.89 bits per heavy atom. The minimum absolute atomic E-state index is 0.219. The first kappa shape index (κ1) is 11.4. The monoisotopic (exact) mass is 239 g/mol. The van der Waals surface area contributed by atoms with Crippen molar-refractivity contribution in [2.24, 2.45) is 11.8 Å². The number of ketones is 1. The van der Waals surface area contributed by atoms with Crippen LogP contribution in [0.1, 0.15) is 25.3 Å². The van der Waals surface area contributed by atoms with E-state index in [-0.39, 0.29) is 5.92 Å². The summed E-state index contributed by atoms with van der Waals surface area (Å²) < 4.78 is 0. The van der Waals surface area contributed by atoms with Crippen LogP contribution < -0.4 is 0 Å². The normalized spacial score (nSPS) is 23.7. The highest BCUT2D eigenvalue weighted by atomic mass is 16.1. The molecule has 1 aromatic carbocycles. The van der Waals surface area contributed by atoms with Gasteiger partial charge in [0.15, 0.2) is 0 Å². The van der Waals surface area contributed by atoms with E-state index in [1.165, 1.54) is 10.9 Å². The van der Waals surface area contributed by atoms with Crippen molar-refractivity contribution in [2.45, 2.75) is 26.2 Å². The van der Waals surface area contributed by atoms with Crippen molar-refractivity contribution in [3.05, 3.63) is 42.1 Å². The molecule has 3 rings (SSSR count). The van der Waals surface area contributed by atoms with Gasteiger partial charge >= 0.3 is 0 Å². The Morgan fingerprint density at radius 1 is 1.28 bits per heavy atom. The largest absolute Gasteiger partial charge is 0.299 e. The Hall–Kier alpha value is -1.70. The molecule has 1 aliphatic carbocycles. The van der Waals surface area contributed by atoms with Gasteiger partial charge in [-0.05, 0) is 36.5 Å². The fourth-order valence-electron chi connectivity index (χ4n) is 2.96. The van der Waals surface area contributed by atoms with Crippen LogP contribution in [0.25, 0.3) is 10.9 Å². The molecule has 0 spiro atoms. The number of carbonyl (C=O) groups is 1. The predicted octanol–water partition coefficient (Wildman–Crippen LogP) is 3.39. The van der Waals surface area contributed by atoms with E-state index in [9.17, 15) is 4.79 Å². The maximum Gasteiger partial charge on any atom is 0.135 e. The Bertz CT molecular complexity index is 585. The molecule has 0 radical (unpaired) electrons. The molecule has 1 aromatic heterocycles. The van der Waals surface area contributed by atoms with E-state index in [4.69, 9.17) is 0 Å². The number of carbonyl (C=O) groups excluding carboxylic acids is 1. The lowest BCUT2D eigenvalue weighted by Gasteiger charge is -2.15. The Morgan fingerprint density at radius 2 is 2.11 bits per heavy atom. The molecule has 1 aliphatic rings. The highest BCUT2D eigenvalue weighted by Gasteiger charge is 2.30. The van der Waals surface area contributed by atoms with Crippen LogP contribution in [0.2, 0.25) is 0 Å². The number of nitrogens with zero attached hydrogens (tertiary/aromatic N) is 1. The van der Waals surface area contributed by atoms with Crippen LogP contribution in [0.15, 0.2) is 36.5 Å². The fraction of sp³-hybridized carbons (Fsp3) is 0.375. The second-order valence-corrected chi connectivity index (χ2v) is 5.25. The molecule has 2 heteroatoms. The number of hydrogen-bond acceptors (Lipinski definition) is 2.